The van der Waals surface area contributed by atoms with Gasteiger partial charge in [0.25, 0.3) is 0 Å². The van der Waals surface area contributed by atoms with Crippen LogP contribution in [0.2, 0.25) is 0 Å². The summed E-state index contributed by atoms with van der Waals surface area (Å²) in [5.74, 6) is 0.724. The molecule has 3 saturated heterocycles. The zero-order chi connectivity index (χ0) is 11.0. The van der Waals surface area contributed by atoms with Gasteiger partial charge in [0.05, 0.1) is 6.10 Å². The van der Waals surface area contributed by atoms with Crippen LogP contribution in [0.3, 0.4) is 0 Å². The van der Waals surface area contributed by atoms with Crippen LogP contribution in [0.25, 0.3) is 0 Å². The fourth-order valence-corrected chi connectivity index (χ4v) is 3.52. The van der Waals surface area contributed by atoms with Crippen molar-refractivity contribution in [2.75, 3.05) is 6.61 Å². The number of ketones is 1. The van der Waals surface area contributed by atoms with Crippen molar-refractivity contribution in [2.45, 2.75) is 63.1 Å². The third kappa shape index (κ3) is 2.03. The maximum absolute atomic E-state index is 12.0. The van der Waals surface area contributed by atoms with Gasteiger partial charge in [0, 0.05) is 31.0 Å². The quantitative estimate of drug-likeness (QED) is 0.773. The van der Waals surface area contributed by atoms with E-state index in [-0.39, 0.29) is 5.92 Å². The molecule has 3 nitrogen and oxygen atoms in total. The van der Waals surface area contributed by atoms with Gasteiger partial charge < -0.3 is 10.1 Å². The van der Waals surface area contributed by atoms with Crippen LogP contribution in [0.4, 0.5) is 0 Å². The molecule has 4 unspecified atom stereocenters. The van der Waals surface area contributed by atoms with Crippen molar-refractivity contribution < 1.29 is 9.53 Å². The number of piperidine rings is 1. The molecule has 0 saturated carbocycles. The van der Waals surface area contributed by atoms with Crippen LogP contribution in [-0.2, 0) is 9.53 Å². The lowest BCUT2D eigenvalue weighted by Gasteiger charge is -2.33. The number of Topliss-reactive ketones (excluding diaryl/α,β-unsaturated/α-hetero) is 1. The summed E-state index contributed by atoms with van der Waals surface area (Å²) in [5, 5.41) is 3.58. The predicted molar refractivity (Wildman–Crippen MR) is 61.3 cm³/mol. The topological polar surface area (TPSA) is 38.3 Å². The van der Waals surface area contributed by atoms with Gasteiger partial charge in [-0.3, -0.25) is 4.79 Å². The Labute approximate surface area is 96.9 Å². The molecule has 0 spiro atoms. The largest absolute Gasteiger partial charge is 0.378 e. The number of carbonyl (C=O) groups excluding carboxylic acids is 1. The van der Waals surface area contributed by atoms with Gasteiger partial charge in [0.1, 0.15) is 5.78 Å². The molecule has 0 amide bonds. The van der Waals surface area contributed by atoms with Crippen LogP contribution >= 0.6 is 0 Å². The Kier molecular flexibility index (Phi) is 2.99. The van der Waals surface area contributed by atoms with Crippen LogP contribution in [0, 0.1) is 5.92 Å². The van der Waals surface area contributed by atoms with Crippen molar-refractivity contribution in [1.29, 1.82) is 0 Å². The number of ether oxygens (including phenoxy) is 1. The van der Waals surface area contributed by atoms with Crippen LogP contribution in [0.5, 0.6) is 0 Å². The highest BCUT2D eigenvalue weighted by molar-refractivity contribution is 5.83. The van der Waals surface area contributed by atoms with Gasteiger partial charge in [-0.15, -0.1) is 0 Å². The first-order valence-corrected chi connectivity index (χ1v) is 6.73. The zero-order valence-corrected chi connectivity index (χ0v) is 9.78. The standard InChI is InChI=1S/C13H21NO2/c15-13-7-9-4-5-12(14-9)11(13)8-10-3-1-2-6-16-10/h9-12,14H,1-8H2. The van der Waals surface area contributed by atoms with Crippen molar-refractivity contribution in [3.05, 3.63) is 0 Å². The molecule has 3 heterocycles. The van der Waals surface area contributed by atoms with E-state index in [2.05, 4.69) is 5.32 Å². The monoisotopic (exact) mass is 223 g/mol. The molecule has 3 aliphatic heterocycles. The molecular weight excluding hydrogens is 202 g/mol. The van der Waals surface area contributed by atoms with Crippen LogP contribution in [0.15, 0.2) is 0 Å². The SMILES string of the molecule is O=C1CC2CCC(N2)C1CC1CCCCO1. The van der Waals surface area contributed by atoms with E-state index in [9.17, 15) is 4.79 Å². The number of hydrogen-bond acceptors (Lipinski definition) is 3. The lowest BCUT2D eigenvalue weighted by atomic mass is 9.84. The van der Waals surface area contributed by atoms with E-state index in [1.165, 1.54) is 25.7 Å². The number of rotatable bonds is 2. The first-order chi connectivity index (χ1) is 7.83. The van der Waals surface area contributed by atoms with Gasteiger partial charge in [-0.1, -0.05) is 0 Å². The van der Waals surface area contributed by atoms with Crippen molar-refractivity contribution >= 4 is 5.78 Å². The van der Waals surface area contributed by atoms with E-state index in [1.807, 2.05) is 0 Å². The Balaban J connectivity index is 1.62. The second kappa shape index (κ2) is 4.46. The second-order valence-electron chi connectivity index (χ2n) is 5.55. The molecule has 0 aromatic heterocycles. The van der Waals surface area contributed by atoms with Crippen LogP contribution < -0.4 is 5.32 Å². The third-order valence-electron chi connectivity index (χ3n) is 4.41. The van der Waals surface area contributed by atoms with Crippen molar-refractivity contribution in [2.24, 2.45) is 5.92 Å². The van der Waals surface area contributed by atoms with E-state index in [1.54, 1.807) is 0 Å². The van der Waals surface area contributed by atoms with E-state index >= 15 is 0 Å². The molecule has 1 N–H and O–H groups in total. The van der Waals surface area contributed by atoms with Crippen molar-refractivity contribution in [1.82, 2.24) is 5.32 Å². The van der Waals surface area contributed by atoms with Gasteiger partial charge in [0.15, 0.2) is 0 Å². The van der Waals surface area contributed by atoms with E-state index < -0.39 is 0 Å². The molecule has 16 heavy (non-hydrogen) atoms. The zero-order valence-electron chi connectivity index (χ0n) is 9.78. The van der Waals surface area contributed by atoms with Crippen LogP contribution in [-0.4, -0.2) is 30.6 Å². The van der Waals surface area contributed by atoms with Gasteiger partial charge in [-0.25, -0.2) is 0 Å². The minimum Gasteiger partial charge on any atom is -0.378 e. The first-order valence-electron chi connectivity index (χ1n) is 6.73. The van der Waals surface area contributed by atoms with Gasteiger partial charge in [-0.05, 0) is 38.5 Å². The minimum atomic E-state index is 0.238. The molecule has 90 valence electrons. The first kappa shape index (κ1) is 10.7. The summed E-state index contributed by atoms with van der Waals surface area (Å²) < 4.78 is 5.76. The highest BCUT2D eigenvalue weighted by atomic mass is 16.5. The third-order valence-corrected chi connectivity index (χ3v) is 4.41. The average molecular weight is 223 g/mol. The summed E-state index contributed by atoms with van der Waals surface area (Å²) in [6.07, 6.45) is 8.07. The molecule has 3 heteroatoms. The summed E-state index contributed by atoms with van der Waals surface area (Å²) >= 11 is 0. The van der Waals surface area contributed by atoms with Crippen LogP contribution in [0.1, 0.15) is 44.9 Å². The van der Waals surface area contributed by atoms with Crippen molar-refractivity contribution in [3.63, 3.8) is 0 Å². The summed E-state index contributed by atoms with van der Waals surface area (Å²) in [5.41, 5.74) is 0. The minimum absolute atomic E-state index is 0.238. The maximum atomic E-state index is 12.0. The lowest BCUT2D eigenvalue weighted by molar-refractivity contribution is -0.127. The Hall–Kier alpha value is -0.410. The molecule has 2 bridgehead atoms. The Morgan fingerprint density at radius 2 is 2.19 bits per heavy atom. The smallest absolute Gasteiger partial charge is 0.139 e. The molecule has 0 aromatic carbocycles. The number of nitrogens with one attached hydrogen (secondary N) is 1. The van der Waals surface area contributed by atoms with E-state index in [0.29, 0.717) is 24.0 Å². The Morgan fingerprint density at radius 1 is 1.25 bits per heavy atom. The summed E-state index contributed by atoms with van der Waals surface area (Å²) in [4.78, 5) is 12.0. The Morgan fingerprint density at radius 3 is 3.00 bits per heavy atom. The Bertz CT molecular complexity index is 273. The van der Waals surface area contributed by atoms with E-state index in [4.69, 9.17) is 4.74 Å². The summed E-state index contributed by atoms with van der Waals surface area (Å²) in [6, 6.07) is 0.942. The number of carbonyl (C=O) groups is 1. The fourth-order valence-electron chi connectivity index (χ4n) is 3.52. The average Bonchev–Trinajstić information content (AvgIpc) is 2.70. The second-order valence-corrected chi connectivity index (χ2v) is 5.55. The molecule has 3 aliphatic rings. The highest BCUT2D eigenvalue weighted by Gasteiger charge is 2.41. The predicted octanol–water partition coefficient (Wildman–Crippen LogP) is 1.66. The summed E-state index contributed by atoms with van der Waals surface area (Å²) in [7, 11) is 0. The molecule has 4 atom stereocenters. The number of fused-ring (bicyclic) bond motifs is 2. The molecule has 0 aliphatic carbocycles. The molecule has 0 aromatic rings. The van der Waals surface area contributed by atoms with Gasteiger partial charge >= 0.3 is 0 Å². The number of hydrogen-bond donors (Lipinski definition) is 1. The molecule has 3 rings (SSSR count). The van der Waals surface area contributed by atoms with Crippen molar-refractivity contribution in [3.8, 4) is 0 Å². The molecular formula is C13H21NO2. The molecule has 0 radical (unpaired) electrons. The fraction of sp³-hybridized carbons (Fsp3) is 0.923. The maximum Gasteiger partial charge on any atom is 0.139 e. The molecule has 3 fully saturated rings. The summed E-state index contributed by atoms with van der Waals surface area (Å²) in [6.45, 7) is 0.895. The highest BCUT2D eigenvalue weighted by Crippen LogP contribution is 2.33. The normalized spacial score (nSPS) is 43.6. The van der Waals surface area contributed by atoms with Gasteiger partial charge in [-0.2, -0.15) is 0 Å². The van der Waals surface area contributed by atoms with E-state index in [0.717, 1.165) is 25.9 Å². The van der Waals surface area contributed by atoms with Gasteiger partial charge in [0.2, 0.25) is 0 Å². The lowest BCUT2D eigenvalue weighted by Crippen LogP contribution is -2.47.